The number of nitrogens with one attached hydrogen (secondary N) is 1. The van der Waals surface area contributed by atoms with Crippen molar-refractivity contribution in [3.8, 4) is 0 Å². The number of halogens is 1. The van der Waals surface area contributed by atoms with Crippen LogP contribution in [0, 0.1) is 17.7 Å². The molecule has 0 aliphatic carbocycles. The van der Waals surface area contributed by atoms with E-state index in [0.717, 1.165) is 13.1 Å². The number of hydrogen-bond acceptors (Lipinski definition) is 2. The van der Waals surface area contributed by atoms with Crippen LogP contribution in [0.3, 0.4) is 0 Å². The Bertz CT molecular complexity index is 366. The van der Waals surface area contributed by atoms with Crippen molar-refractivity contribution in [2.24, 2.45) is 11.8 Å². The van der Waals surface area contributed by atoms with Gasteiger partial charge in [0, 0.05) is 12.1 Å². The zero-order chi connectivity index (χ0) is 14.3. The summed E-state index contributed by atoms with van der Waals surface area (Å²) in [5.41, 5.74) is 0.622. The van der Waals surface area contributed by atoms with Gasteiger partial charge in [0.2, 0.25) is 0 Å². The van der Waals surface area contributed by atoms with Gasteiger partial charge in [-0.3, -0.25) is 0 Å². The molecule has 1 rings (SSSR count). The van der Waals surface area contributed by atoms with Crippen LogP contribution in [0.25, 0.3) is 0 Å². The van der Waals surface area contributed by atoms with Crippen LogP contribution < -0.4 is 5.32 Å². The Balaban J connectivity index is 2.43. The molecule has 1 unspecified atom stereocenters. The standard InChI is InChI=1S/C16H26FNO/c1-12(2)9-18-10-16(13(3)4)19-11-14-7-5-6-8-15(14)17/h5-8,12-13,16,18H,9-11H2,1-4H3. The highest BCUT2D eigenvalue weighted by atomic mass is 19.1. The lowest BCUT2D eigenvalue weighted by atomic mass is 10.1. The van der Waals surface area contributed by atoms with Crippen LogP contribution in [-0.4, -0.2) is 19.2 Å². The molecule has 0 saturated carbocycles. The van der Waals surface area contributed by atoms with Gasteiger partial charge in [-0.05, 0) is 24.4 Å². The van der Waals surface area contributed by atoms with Gasteiger partial charge in [-0.2, -0.15) is 0 Å². The monoisotopic (exact) mass is 267 g/mol. The Morgan fingerprint density at radius 1 is 1.11 bits per heavy atom. The zero-order valence-electron chi connectivity index (χ0n) is 12.4. The van der Waals surface area contributed by atoms with Crippen molar-refractivity contribution in [3.05, 3.63) is 35.6 Å². The molecule has 0 aliphatic heterocycles. The summed E-state index contributed by atoms with van der Waals surface area (Å²) in [6.45, 7) is 10.7. The van der Waals surface area contributed by atoms with E-state index in [1.54, 1.807) is 12.1 Å². The topological polar surface area (TPSA) is 21.3 Å². The van der Waals surface area contributed by atoms with E-state index in [-0.39, 0.29) is 11.9 Å². The van der Waals surface area contributed by atoms with Gasteiger partial charge in [0.15, 0.2) is 0 Å². The molecular formula is C16H26FNO. The first-order valence-corrected chi connectivity index (χ1v) is 7.06. The molecule has 19 heavy (non-hydrogen) atoms. The lowest BCUT2D eigenvalue weighted by molar-refractivity contribution is 0.00982. The Morgan fingerprint density at radius 2 is 1.79 bits per heavy atom. The second kappa shape index (κ2) is 8.28. The molecule has 1 atom stereocenters. The first-order chi connectivity index (χ1) is 9.00. The second-order valence-electron chi connectivity index (χ2n) is 5.74. The second-order valence-corrected chi connectivity index (χ2v) is 5.74. The van der Waals surface area contributed by atoms with Gasteiger partial charge in [-0.15, -0.1) is 0 Å². The summed E-state index contributed by atoms with van der Waals surface area (Å²) >= 11 is 0. The third-order valence-electron chi connectivity index (χ3n) is 3.05. The predicted molar refractivity (Wildman–Crippen MR) is 77.5 cm³/mol. The molecule has 1 N–H and O–H groups in total. The first-order valence-electron chi connectivity index (χ1n) is 7.06. The number of benzene rings is 1. The molecule has 0 amide bonds. The van der Waals surface area contributed by atoms with Gasteiger partial charge in [0.25, 0.3) is 0 Å². The van der Waals surface area contributed by atoms with Crippen LogP contribution in [0.2, 0.25) is 0 Å². The Kier molecular flexibility index (Phi) is 7.03. The molecule has 1 aromatic rings. The van der Waals surface area contributed by atoms with Crippen LogP contribution in [0.15, 0.2) is 24.3 Å². The average molecular weight is 267 g/mol. The zero-order valence-corrected chi connectivity index (χ0v) is 12.4. The smallest absolute Gasteiger partial charge is 0.128 e. The lowest BCUT2D eigenvalue weighted by Gasteiger charge is -2.22. The minimum Gasteiger partial charge on any atom is -0.372 e. The van der Waals surface area contributed by atoms with E-state index in [0.29, 0.717) is 24.0 Å². The highest BCUT2D eigenvalue weighted by Gasteiger charge is 2.14. The molecule has 2 nitrogen and oxygen atoms in total. The number of rotatable bonds is 8. The summed E-state index contributed by atoms with van der Waals surface area (Å²) in [6, 6.07) is 6.78. The van der Waals surface area contributed by atoms with Gasteiger partial charge in [-0.1, -0.05) is 45.9 Å². The van der Waals surface area contributed by atoms with Gasteiger partial charge < -0.3 is 10.1 Å². The van der Waals surface area contributed by atoms with Crippen LogP contribution in [0.4, 0.5) is 4.39 Å². The number of ether oxygens (including phenoxy) is 1. The molecule has 0 saturated heterocycles. The molecule has 108 valence electrons. The van der Waals surface area contributed by atoms with Crippen LogP contribution in [0.1, 0.15) is 33.3 Å². The molecule has 0 radical (unpaired) electrons. The third-order valence-corrected chi connectivity index (χ3v) is 3.05. The van der Waals surface area contributed by atoms with E-state index in [9.17, 15) is 4.39 Å². The van der Waals surface area contributed by atoms with E-state index in [1.165, 1.54) is 6.07 Å². The van der Waals surface area contributed by atoms with Crippen molar-refractivity contribution in [2.75, 3.05) is 13.1 Å². The van der Waals surface area contributed by atoms with E-state index >= 15 is 0 Å². The average Bonchev–Trinajstić information content (AvgIpc) is 2.34. The van der Waals surface area contributed by atoms with Crippen LogP contribution in [-0.2, 0) is 11.3 Å². The fraction of sp³-hybridized carbons (Fsp3) is 0.625. The summed E-state index contributed by atoms with van der Waals surface area (Å²) in [7, 11) is 0. The summed E-state index contributed by atoms with van der Waals surface area (Å²) in [5, 5.41) is 3.40. The molecule has 0 aromatic heterocycles. The lowest BCUT2D eigenvalue weighted by Crippen LogP contribution is -2.34. The molecule has 0 fully saturated rings. The van der Waals surface area contributed by atoms with Gasteiger partial charge in [0.05, 0.1) is 12.7 Å². The van der Waals surface area contributed by atoms with E-state index in [4.69, 9.17) is 4.74 Å². The largest absolute Gasteiger partial charge is 0.372 e. The molecule has 3 heteroatoms. The molecule has 0 bridgehead atoms. The molecule has 0 spiro atoms. The molecule has 0 heterocycles. The van der Waals surface area contributed by atoms with Crippen LogP contribution in [0.5, 0.6) is 0 Å². The predicted octanol–water partition coefficient (Wildman–Crippen LogP) is 3.61. The summed E-state index contributed by atoms with van der Waals surface area (Å²) in [4.78, 5) is 0. The van der Waals surface area contributed by atoms with Crippen molar-refractivity contribution in [1.29, 1.82) is 0 Å². The SMILES string of the molecule is CC(C)CNCC(OCc1ccccc1F)C(C)C. The third kappa shape index (κ3) is 6.17. The Labute approximate surface area is 116 Å². The summed E-state index contributed by atoms with van der Waals surface area (Å²) in [6.07, 6.45) is 0.110. The first kappa shape index (κ1) is 16.1. The summed E-state index contributed by atoms with van der Waals surface area (Å²) in [5.74, 6) is 0.839. The Morgan fingerprint density at radius 3 is 2.37 bits per heavy atom. The van der Waals surface area contributed by atoms with Gasteiger partial charge >= 0.3 is 0 Å². The van der Waals surface area contributed by atoms with E-state index < -0.39 is 0 Å². The quantitative estimate of drug-likeness (QED) is 0.777. The van der Waals surface area contributed by atoms with E-state index in [1.807, 2.05) is 6.07 Å². The minimum absolute atomic E-state index is 0.110. The van der Waals surface area contributed by atoms with Crippen molar-refractivity contribution >= 4 is 0 Å². The fourth-order valence-corrected chi connectivity index (χ4v) is 1.81. The van der Waals surface area contributed by atoms with Crippen molar-refractivity contribution < 1.29 is 9.13 Å². The maximum Gasteiger partial charge on any atom is 0.128 e. The summed E-state index contributed by atoms with van der Waals surface area (Å²) < 4.78 is 19.4. The van der Waals surface area contributed by atoms with Crippen molar-refractivity contribution in [1.82, 2.24) is 5.32 Å². The van der Waals surface area contributed by atoms with Crippen molar-refractivity contribution in [3.63, 3.8) is 0 Å². The highest BCUT2D eigenvalue weighted by Crippen LogP contribution is 2.12. The van der Waals surface area contributed by atoms with Crippen LogP contribution >= 0.6 is 0 Å². The van der Waals surface area contributed by atoms with Crippen molar-refractivity contribution in [2.45, 2.75) is 40.4 Å². The van der Waals surface area contributed by atoms with E-state index in [2.05, 4.69) is 33.0 Å². The maximum atomic E-state index is 13.5. The van der Waals surface area contributed by atoms with Gasteiger partial charge in [0.1, 0.15) is 5.82 Å². The fourth-order valence-electron chi connectivity index (χ4n) is 1.81. The minimum atomic E-state index is -0.194. The van der Waals surface area contributed by atoms with Gasteiger partial charge in [-0.25, -0.2) is 4.39 Å². The number of hydrogen-bond donors (Lipinski definition) is 1. The molecule has 0 aliphatic rings. The highest BCUT2D eigenvalue weighted by molar-refractivity contribution is 5.16. The normalized spacial score (nSPS) is 13.2. The molecule has 1 aromatic carbocycles. The maximum absolute atomic E-state index is 13.5. The molecular weight excluding hydrogens is 241 g/mol. The Hall–Kier alpha value is -0.930.